The van der Waals surface area contributed by atoms with Crippen molar-refractivity contribution in [2.75, 3.05) is 33.4 Å². The number of amides is 2. The van der Waals surface area contributed by atoms with Crippen molar-refractivity contribution in [1.82, 2.24) is 15.5 Å². The zero-order valence-electron chi connectivity index (χ0n) is 13.6. The largest absolute Gasteiger partial charge is 0.383 e. The molecule has 1 heterocycles. The lowest BCUT2D eigenvalue weighted by atomic mass is 10.1. The molecular weight excluding hydrogens is 294 g/mol. The van der Waals surface area contributed by atoms with Crippen LogP contribution in [0.25, 0.3) is 0 Å². The molecule has 0 saturated carbocycles. The summed E-state index contributed by atoms with van der Waals surface area (Å²) in [5, 5.41) is 5.92. The number of carbonyl (C=O) groups is 2. The number of carbonyl (C=O) groups excluding carboxylic acids is 2. The Bertz CT molecular complexity index is 534. The maximum absolute atomic E-state index is 11.8. The van der Waals surface area contributed by atoms with Gasteiger partial charge in [-0.3, -0.25) is 9.59 Å². The molecule has 0 bridgehead atoms. The van der Waals surface area contributed by atoms with Crippen LogP contribution in [0.15, 0.2) is 24.3 Å². The van der Waals surface area contributed by atoms with Gasteiger partial charge in [0.2, 0.25) is 11.8 Å². The number of rotatable bonds is 9. The van der Waals surface area contributed by atoms with Gasteiger partial charge in [0.25, 0.3) is 0 Å². The van der Waals surface area contributed by atoms with Gasteiger partial charge in [-0.25, -0.2) is 0 Å². The van der Waals surface area contributed by atoms with Crippen LogP contribution in [-0.2, 0) is 27.4 Å². The first-order valence-electron chi connectivity index (χ1n) is 8.01. The van der Waals surface area contributed by atoms with Gasteiger partial charge in [-0.2, -0.15) is 0 Å². The summed E-state index contributed by atoms with van der Waals surface area (Å²) in [5.41, 5.74) is 2.15. The molecule has 1 fully saturated rings. The van der Waals surface area contributed by atoms with Crippen LogP contribution in [-0.4, -0.2) is 50.1 Å². The van der Waals surface area contributed by atoms with Gasteiger partial charge in [-0.05, 0) is 17.5 Å². The molecule has 2 N–H and O–H groups in total. The van der Waals surface area contributed by atoms with Gasteiger partial charge in [0, 0.05) is 39.7 Å². The molecule has 0 unspecified atom stereocenters. The first-order valence-corrected chi connectivity index (χ1v) is 8.01. The lowest BCUT2D eigenvalue weighted by Crippen LogP contribution is -2.35. The molecule has 0 atom stereocenters. The Morgan fingerprint density at radius 3 is 2.78 bits per heavy atom. The van der Waals surface area contributed by atoms with E-state index in [1.54, 1.807) is 7.11 Å². The fourth-order valence-electron chi connectivity index (χ4n) is 2.59. The van der Waals surface area contributed by atoms with Crippen LogP contribution in [0.1, 0.15) is 24.0 Å². The van der Waals surface area contributed by atoms with E-state index in [1.807, 2.05) is 29.2 Å². The summed E-state index contributed by atoms with van der Waals surface area (Å²) in [7, 11) is 1.63. The molecule has 1 aromatic rings. The summed E-state index contributed by atoms with van der Waals surface area (Å²) in [5.74, 6) is 0.166. The second-order valence-electron chi connectivity index (χ2n) is 5.63. The third-order valence-corrected chi connectivity index (χ3v) is 3.90. The Kier molecular flexibility index (Phi) is 7.03. The monoisotopic (exact) mass is 319 g/mol. The highest BCUT2D eigenvalue weighted by molar-refractivity contribution is 5.78. The first-order chi connectivity index (χ1) is 11.2. The summed E-state index contributed by atoms with van der Waals surface area (Å²) < 4.78 is 4.91. The Balaban J connectivity index is 1.82. The molecule has 6 nitrogen and oxygen atoms in total. The summed E-state index contributed by atoms with van der Waals surface area (Å²) in [6.45, 7) is 3.43. The molecular formula is C17H25N3O3. The number of hydrogen-bond donors (Lipinski definition) is 2. The fraction of sp³-hybridized carbons (Fsp3) is 0.529. The van der Waals surface area contributed by atoms with Crippen LogP contribution < -0.4 is 10.6 Å². The topological polar surface area (TPSA) is 70.7 Å². The molecule has 0 radical (unpaired) electrons. The number of nitrogens with one attached hydrogen (secondary N) is 2. The average molecular weight is 319 g/mol. The van der Waals surface area contributed by atoms with Gasteiger partial charge in [-0.15, -0.1) is 0 Å². The highest BCUT2D eigenvalue weighted by Gasteiger charge is 2.20. The van der Waals surface area contributed by atoms with E-state index in [2.05, 4.69) is 10.6 Å². The second-order valence-corrected chi connectivity index (χ2v) is 5.63. The van der Waals surface area contributed by atoms with Crippen LogP contribution >= 0.6 is 0 Å². The lowest BCUT2D eigenvalue weighted by molar-refractivity contribution is -0.128. The van der Waals surface area contributed by atoms with Crippen LogP contribution in [0.4, 0.5) is 0 Å². The Hall–Kier alpha value is -1.92. The summed E-state index contributed by atoms with van der Waals surface area (Å²) in [6.07, 6.45) is 1.58. The molecule has 23 heavy (non-hydrogen) atoms. The van der Waals surface area contributed by atoms with E-state index in [0.717, 1.165) is 24.1 Å². The zero-order chi connectivity index (χ0) is 16.5. The number of nitrogens with zero attached hydrogens (tertiary/aromatic N) is 1. The third-order valence-electron chi connectivity index (χ3n) is 3.90. The molecule has 1 aliphatic rings. The Morgan fingerprint density at radius 2 is 2.09 bits per heavy atom. The minimum atomic E-state index is -0.0480. The standard InChI is InChI=1S/C17H25N3O3/c1-23-10-8-18-12-16(21)19-11-14-5-2-3-6-15(14)13-20-9-4-7-17(20)22/h2-3,5-6,18H,4,7-13H2,1H3,(H,19,21). The first kappa shape index (κ1) is 17.4. The van der Waals surface area contributed by atoms with Crippen LogP contribution in [0.2, 0.25) is 0 Å². The smallest absolute Gasteiger partial charge is 0.234 e. The number of methoxy groups -OCH3 is 1. The molecule has 1 aliphatic heterocycles. The summed E-state index contributed by atoms with van der Waals surface area (Å²) in [6, 6.07) is 7.93. The molecule has 6 heteroatoms. The molecule has 1 aromatic carbocycles. The molecule has 126 valence electrons. The van der Waals surface area contributed by atoms with Crippen molar-refractivity contribution in [2.45, 2.75) is 25.9 Å². The predicted molar refractivity (Wildman–Crippen MR) is 87.7 cm³/mol. The van der Waals surface area contributed by atoms with Crippen molar-refractivity contribution in [3.8, 4) is 0 Å². The SMILES string of the molecule is COCCNCC(=O)NCc1ccccc1CN1CCCC1=O. The molecule has 0 aliphatic carbocycles. The van der Waals surface area contributed by atoms with Gasteiger partial charge >= 0.3 is 0 Å². The minimum Gasteiger partial charge on any atom is -0.383 e. The van der Waals surface area contributed by atoms with Gasteiger partial charge in [0.05, 0.1) is 13.2 Å². The van der Waals surface area contributed by atoms with Crippen molar-refractivity contribution in [1.29, 1.82) is 0 Å². The quantitative estimate of drug-likeness (QED) is 0.656. The van der Waals surface area contributed by atoms with E-state index in [1.165, 1.54) is 0 Å². The van der Waals surface area contributed by atoms with Crippen LogP contribution in [0.3, 0.4) is 0 Å². The van der Waals surface area contributed by atoms with E-state index in [0.29, 0.717) is 32.7 Å². The van der Waals surface area contributed by atoms with Gasteiger partial charge < -0.3 is 20.3 Å². The van der Waals surface area contributed by atoms with Crippen molar-refractivity contribution in [3.05, 3.63) is 35.4 Å². The van der Waals surface area contributed by atoms with Gasteiger partial charge in [0.1, 0.15) is 0 Å². The number of benzene rings is 1. The highest BCUT2D eigenvalue weighted by atomic mass is 16.5. The van der Waals surface area contributed by atoms with Gasteiger partial charge in [-0.1, -0.05) is 24.3 Å². The van der Waals surface area contributed by atoms with Crippen LogP contribution in [0, 0.1) is 0 Å². The number of hydrogen-bond acceptors (Lipinski definition) is 4. The van der Waals surface area contributed by atoms with E-state index in [-0.39, 0.29) is 18.4 Å². The van der Waals surface area contributed by atoms with E-state index in [4.69, 9.17) is 4.74 Å². The maximum Gasteiger partial charge on any atom is 0.234 e. The summed E-state index contributed by atoms with van der Waals surface area (Å²) >= 11 is 0. The minimum absolute atomic E-state index is 0.0480. The molecule has 2 amide bonds. The molecule has 0 aromatic heterocycles. The fourth-order valence-corrected chi connectivity index (χ4v) is 2.59. The van der Waals surface area contributed by atoms with Gasteiger partial charge in [0.15, 0.2) is 0 Å². The normalized spacial score (nSPS) is 14.3. The van der Waals surface area contributed by atoms with Crippen molar-refractivity contribution in [2.24, 2.45) is 0 Å². The van der Waals surface area contributed by atoms with E-state index >= 15 is 0 Å². The molecule has 2 rings (SSSR count). The van der Waals surface area contributed by atoms with Crippen molar-refractivity contribution >= 4 is 11.8 Å². The predicted octanol–water partition coefficient (Wildman–Crippen LogP) is 0.661. The van der Waals surface area contributed by atoms with Crippen molar-refractivity contribution < 1.29 is 14.3 Å². The zero-order valence-corrected chi connectivity index (χ0v) is 13.6. The summed E-state index contributed by atoms with van der Waals surface area (Å²) in [4.78, 5) is 25.5. The molecule has 1 saturated heterocycles. The van der Waals surface area contributed by atoms with Crippen molar-refractivity contribution in [3.63, 3.8) is 0 Å². The maximum atomic E-state index is 11.8. The Labute approximate surface area is 137 Å². The average Bonchev–Trinajstić information content (AvgIpc) is 2.96. The number of ether oxygens (including phenoxy) is 1. The van der Waals surface area contributed by atoms with E-state index < -0.39 is 0 Å². The third kappa shape index (κ3) is 5.65. The number of likely N-dealkylation sites (tertiary alicyclic amines) is 1. The highest BCUT2D eigenvalue weighted by Crippen LogP contribution is 2.17. The van der Waals surface area contributed by atoms with Crippen LogP contribution in [0.5, 0.6) is 0 Å². The van der Waals surface area contributed by atoms with E-state index in [9.17, 15) is 9.59 Å². The molecule has 0 spiro atoms. The Morgan fingerprint density at radius 1 is 1.30 bits per heavy atom. The second kappa shape index (κ2) is 9.27. The lowest BCUT2D eigenvalue weighted by Gasteiger charge is -2.18.